The number of hydrogen-bond acceptors (Lipinski definition) is 4. The average Bonchev–Trinajstić information content (AvgIpc) is 2.79. The van der Waals surface area contributed by atoms with Crippen LogP contribution < -0.4 is 10.2 Å². The lowest BCUT2D eigenvalue weighted by molar-refractivity contribution is 0.0946. The van der Waals surface area contributed by atoms with Gasteiger partial charge in [-0.05, 0) is 54.5 Å². The van der Waals surface area contributed by atoms with Crippen molar-refractivity contribution < 1.29 is 4.79 Å². The Morgan fingerprint density at radius 3 is 2.45 bits per heavy atom. The topological polar surface area (TPSA) is 58.1 Å². The minimum atomic E-state index is -0.165. The van der Waals surface area contributed by atoms with E-state index in [1.54, 1.807) is 12.4 Å². The molecule has 1 aliphatic rings. The Morgan fingerprint density at radius 1 is 0.966 bits per heavy atom. The van der Waals surface area contributed by atoms with Crippen LogP contribution in [0.4, 0.5) is 5.69 Å². The molecular weight excluding hydrogens is 360 g/mol. The van der Waals surface area contributed by atoms with Crippen molar-refractivity contribution in [3.8, 4) is 0 Å². The molecule has 5 nitrogen and oxygen atoms in total. The van der Waals surface area contributed by atoms with Crippen LogP contribution in [0.2, 0.25) is 0 Å². The molecule has 1 saturated heterocycles. The van der Waals surface area contributed by atoms with Crippen LogP contribution >= 0.6 is 0 Å². The fraction of sp³-hybridized carbons (Fsp3) is 0.292. The highest BCUT2D eigenvalue weighted by atomic mass is 16.1. The third-order valence-electron chi connectivity index (χ3n) is 5.50. The van der Waals surface area contributed by atoms with Gasteiger partial charge < -0.3 is 10.2 Å². The van der Waals surface area contributed by atoms with Crippen molar-refractivity contribution >= 4 is 11.6 Å². The van der Waals surface area contributed by atoms with Gasteiger partial charge in [0.1, 0.15) is 5.69 Å². The van der Waals surface area contributed by atoms with E-state index in [-0.39, 0.29) is 5.91 Å². The summed E-state index contributed by atoms with van der Waals surface area (Å²) in [6, 6.07) is 18.3. The lowest BCUT2D eigenvalue weighted by Gasteiger charge is -2.33. The van der Waals surface area contributed by atoms with Crippen LogP contribution in [0.3, 0.4) is 0 Å². The molecule has 0 unspecified atom stereocenters. The van der Waals surface area contributed by atoms with Crippen LogP contribution in [0.5, 0.6) is 0 Å². The third-order valence-corrected chi connectivity index (χ3v) is 5.50. The van der Waals surface area contributed by atoms with E-state index in [0.29, 0.717) is 12.2 Å². The van der Waals surface area contributed by atoms with E-state index >= 15 is 0 Å². The van der Waals surface area contributed by atoms with Crippen molar-refractivity contribution in [3.63, 3.8) is 0 Å². The van der Waals surface area contributed by atoms with Crippen molar-refractivity contribution in [1.82, 2.24) is 15.3 Å². The van der Waals surface area contributed by atoms with Crippen LogP contribution in [0.25, 0.3) is 0 Å². The molecule has 0 spiro atoms. The predicted molar refractivity (Wildman–Crippen MR) is 115 cm³/mol. The van der Waals surface area contributed by atoms with Gasteiger partial charge in [-0.15, -0.1) is 0 Å². The second kappa shape index (κ2) is 9.32. The first-order valence-corrected chi connectivity index (χ1v) is 10.2. The summed E-state index contributed by atoms with van der Waals surface area (Å²) in [5.41, 5.74) is 3.92. The number of nitrogens with one attached hydrogen (secondary N) is 1. The van der Waals surface area contributed by atoms with E-state index in [2.05, 4.69) is 50.5 Å². The Hall–Kier alpha value is -3.21. The molecule has 0 saturated carbocycles. The summed E-state index contributed by atoms with van der Waals surface area (Å²) in [4.78, 5) is 23.1. The first-order chi connectivity index (χ1) is 14.3. The Bertz CT molecular complexity index is 905. The summed E-state index contributed by atoms with van der Waals surface area (Å²) in [5.74, 6) is 0.570. The second-order valence-corrected chi connectivity index (χ2v) is 7.57. The quantitative estimate of drug-likeness (QED) is 0.699. The first-order valence-electron chi connectivity index (χ1n) is 10.2. The van der Waals surface area contributed by atoms with Gasteiger partial charge in [0.05, 0.1) is 11.9 Å². The molecule has 1 fully saturated rings. The lowest BCUT2D eigenvalue weighted by atomic mass is 9.90. The molecule has 5 heteroatoms. The standard InChI is InChI=1S/C24H26N4O/c29-24(27-17-21-7-4-12-25-16-21)23-9-8-22(18-26-23)28-13-10-20(11-14-28)15-19-5-2-1-3-6-19/h1-9,12,16,18,20H,10-11,13-15,17H2,(H,27,29). The molecule has 29 heavy (non-hydrogen) atoms. The Labute approximate surface area is 171 Å². The zero-order valence-corrected chi connectivity index (χ0v) is 16.5. The van der Waals surface area contributed by atoms with Gasteiger partial charge in [-0.25, -0.2) is 4.98 Å². The molecule has 1 amide bonds. The molecule has 1 aliphatic heterocycles. The molecule has 3 aromatic rings. The average molecular weight is 386 g/mol. The molecular formula is C24H26N4O. The van der Waals surface area contributed by atoms with Crippen LogP contribution in [0.15, 0.2) is 73.2 Å². The molecule has 3 heterocycles. The molecule has 148 valence electrons. The molecule has 4 rings (SSSR count). The summed E-state index contributed by atoms with van der Waals surface area (Å²) in [5, 5.41) is 2.89. The minimum absolute atomic E-state index is 0.165. The minimum Gasteiger partial charge on any atom is -0.370 e. The number of rotatable bonds is 6. The summed E-state index contributed by atoms with van der Waals surface area (Å²) >= 11 is 0. The van der Waals surface area contributed by atoms with Crippen LogP contribution in [-0.2, 0) is 13.0 Å². The summed E-state index contributed by atoms with van der Waals surface area (Å²) in [6.45, 7) is 2.52. The number of hydrogen-bond donors (Lipinski definition) is 1. The number of nitrogens with zero attached hydrogens (tertiary/aromatic N) is 3. The highest BCUT2D eigenvalue weighted by Gasteiger charge is 2.20. The molecule has 0 bridgehead atoms. The van der Waals surface area contributed by atoms with E-state index in [1.165, 1.54) is 18.4 Å². The van der Waals surface area contributed by atoms with Gasteiger partial charge in [-0.3, -0.25) is 9.78 Å². The van der Waals surface area contributed by atoms with Crippen molar-refractivity contribution in [3.05, 3.63) is 90.0 Å². The second-order valence-electron chi connectivity index (χ2n) is 7.57. The maximum atomic E-state index is 12.3. The number of carbonyl (C=O) groups is 1. The fourth-order valence-corrected chi connectivity index (χ4v) is 3.83. The molecule has 0 atom stereocenters. The number of aromatic nitrogens is 2. The maximum Gasteiger partial charge on any atom is 0.270 e. The largest absolute Gasteiger partial charge is 0.370 e. The van der Waals surface area contributed by atoms with Gasteiger partial charge in [-0.1, -0.05) is 36.4 Å². The number of benzene rings is 1. The molecule has 0 radical (unpaired) electrons. The fourth-order valence-electron chi connectivity index (χ4n) is 3.83. The number of anilines is 1. The van der Waals surface area contributed by atoms with E-state index < -0.39 is 0 Å². The van der Waals surface area contributed by atoms with Gasteiger partial charge in [-0.2, -0.15) is 0 Å². The first kappa shape index (κ1) is 19.1. The number of carbonyl (C=O) groups excluding carboxylic acids is 1. The van der Waals surface area contributed by atoms with E-state index in [0.717, 1.165) is 36.7 Å². The van der Waals surface area contributed by atoms with Gasteiger partial charge in [0, 0.05) is 32.0 Å². The van der Waals surface area contributed by atoms with E-state index in [1.807, 2.05) is 30.5 Å². The maximum absolute atomic E-state index is 12.3. The van der Waals surface area contributed by atoms with Crippen molar-refractivity contribution in [2.45, 2.75) is 25.8 Å². The SMILES string of the molecule is O=C(NCc1cccnc1)c1ccc(N2CCC(Cc3ccccc3)CC2)cn1. The highest BCUT2D eigenvalue weighted by molar-refractivity contribution is 5.92. The molecule has 2 aromatic heterocycles. The lowest BCUT2D eigenvalue weighted by Crippen LogP contribution is -2.34. The van der Waals surface area contributed by atoms with Gasteiger partial charge in [0.2, 0.25) is 0 Å². The summed E-state index contributed by atoms with van der Waals surface area (Å²) < 4.78 is 0. The van der Waals surface area contributed by atoms with Gasteiger partial charge in [0.15, 0.2) is 0 Å². The Kier molecular flexibility index (Phi) is 6.15. The van der Waals surface area contributed by atoms with E-state index in [4.69, 9.17) is 0 Å². The van der Waals surface area contributed by atoms with Crippen molar-refractivity contribution in [2.24, 2.45) is 5.92 Å². The molecule has 1 N–H and O–H groups in total. The van der Waals surface area contributed by atoms with Crippen LogP contribution in [-0.4, -0.2) is 29.0 Å². The predicted octanol–water partition coefficient (Wildman–Crippen LogP) is 3.87. The highest BCUT2D eigenvalue weighted by Crippen LogP contribution is 2.25. The van der Waals surface area contributed by atoms with E-state index in [9.17, 15) is 4.79 Å². The van der Waals surface area contributed by atoms with Crippen LogP contribution in [0.1, 0.15) is 34.5 Å². The van der Waals surface area contributed by atoms with Gasteiger partial charge >= 0.3 is 0 Å². The number of piperidine rings is 1. The van der Waals surface area contributed by atoms with Crippen molar-refractivity contribution in [1.29, 1.82) is 0 Å². The zero-order valence-electron chi connectivity index (χ0n) is 16.5. The Balaban J connectivity index is 1.27. The Morgan fingerprint density at radius 2 is 1.76 bits per heavy atom. The van der Waals surface area contributed by atoms with Crippen molar-refractivity contribution in [2.75, 3.05) is 18.0 Å². The van der Waals surface area contributed by atoms with Gasteiger partial charge in [0.25, 0.3) is 5.91 Å². The molecule has 0 aliphatic carbocycles. The monoisotopic (exact) mass is 386 g/mol. The smallest absolute Gasteiger partial charge is 0.270 e. The molecule has 1 aromatic carbocycles. The summed E-state index contributed by atoms with van der Waals surface area (Å²) in [7, 11) is 0. The third kappa shape index (κ3) is 5.19. The normalized spacial score (nSPS) is 14.6. The zero-order chi connectivity index (χ0) is 19.9. The number of pyridine rings is 2. The van der Waals surface area contributed by atoms with Crippen LogP contribution in [0, 0.1) is 5.92 Å². The number of amides is 1. The summed E-state index contributed by atoms with van der Waals surface area (Å²) in [6.07, 6.45) is 8.80.